The molecule has 0 radical (unpaired) electrons. The molecule has 0 unspecified atom stereocenters. The van der Waals surface area contributed by atoms with Crippen LogP contribution in [0.25, 0.3) is 33.4 Å². The molecule has 250 valence electrons. The van der Waals surface area contributed by atoms with Crippen LogP contribution >= 0.6 is 0 Å². The molecule has 7 rings (SSSR count). The summed E-state index contributed by atoms with van der Waals surface area (Å²) in [5, 5.41) is 0. The molecule has 3 aromatic carbocycles. The number of nitrogens with two attached hydrogens (primary N) is 1. The highest BCUT2D eigenvalue weighted by atomic mass is 16.5. The molecule has 0 atom stereocenters. The Morgan fingerprint density at radius 3 is 2.18 bits per heavy atom. The van der Waals surface area contributed by atoms with Gasteiger partial charge in [0.15, 0.2) is 22.7 Å². The minimum atomic E-state index is -0.227. The Kier molecular flexibility index (Phi) is 9.31. The van der Waals surface area contributed by atoms with E-state index in [4.69, 9.17) is 19.9 Å². The lowest BCUT2D eigenvalue weighted by Gasteiger charge is -2.23. The highest BCUT2D eigenvalue weighted by molar-refractivity contribution is 5.98. The van der Waals surface area contributed by atoms with Crippen LogP contribution in [0.1, 0.15) is 53.1 Å². The number of anilines is 1. The van der Waals surface area contributed by atoms with Gasteiger partial charge in [0.1, 0.15) is 5.82 Å². The van der Waals surface area contributed by atoms with Gasteiger partial charge >= 0.3 is 0 Å². The largest absolute Gasteiger partial charge is 0.493 e. The maximum absolute atomic E-state index is 13.9. The fourth-order valence-corrected chi connectivity index (χ4v) is 6.68. The zero-order chi connectivity index (χ0) is 33.9. The summed E-state index contributed by atoms with van der Waals surface area (Å²) in [6.45, 7) is 2.22. The number of hydrogen-bond acceptors (Lipinski definition) is 7. The Morgan fingerprint density at radius 2 is 1.49 bits per heavy atom. The molecule has 49 heavy (non-hydrogen) atoms. The molecule has 8 heteroatoms. The van der Waals surface area contributed by atoms with Crippen molar-refractivity contribution in [3.63, 3.8) is 0 Å². The molecule has 5 aromatic rings. The number of ether oxygens (including phenoxy) is 3. The van der Waals surface area contributed by atoms with E-state index in [9.17, 15) is 9.59 Å². The van der Waals surface area contributed by atoms with Crippen molar-refractivity contribution in [2.75, 3.05) is 33.2 Å². The molecular formula is C41H41N3O5. The predicted molar refractivity (Wildman–Crippen MR) is 192 cm³/mol. The van der Waals surface area contributed by atoms with Crippen molar-refractivity contribution in [3.8, 4) is 44.9 Å². The summed E-state index contributed by atoms with van der Waals surface area (Å²) in [6, 6.07) is 23.7. The number of nitrogen functional groups attached to an aromatic ring is 1. The van der Waals surface area contributed by atoms with Crippen molar-refractivity contribution >= 4 is 11.6 Å². The van der Waals surface area contributed by atoms with Crippen LogP contribution in [0, 0.1) is 5.92 Å². The number of carbonyl (C=O) groups excluding carboxylic acids is 1. The number of nitrogens with zero attached hydrogens (tertiary/aromatic N) is 2. The molecule has 1 aliphatic heterocycles. The summed E-state index contributed by atoms with van der Waals surface area (Å²) in [4.78, 5) is 32.2. The van der Waals surface area contributed by atoms with Crippen LogP contribution in [-0.2, 0) is 17.7 Å². The molecule has 3 heterocycles. The average molecular weight is 656 g/mol. The van der Waals surface area contributed by atoms with Crippen LogP contribution in [-0.4, -0.2) is 42.8 Å². The van der Waals surface area contributed by atoms with Crippen molar-refractivity contribution in [1.29, 1.82) is 0 Å². The summed E-state index contributed by atoms with van der Waals surface area (Å²) >= 11 is 0. The van der Waals surface area contributed by atoms with Crippen LogP contribution < -0.4 is 20.6 Å². The first-order chi connectivity index (χ1) is 23.9. The van der Waals surface area contributed by atoms with Gasteiger partial charge in [-0.2, -0.15) is 0 Å². The molecule has 1 aliphatic carbocycles. The number of carbonyl (C=O) groups is 1. The van der Waals surface area contributed by atoms with Crippen molar-refractivity contribution < 1.29 is 19.0 Å². The van der Waals surface area contributed by atoms with E-state index in [1.54, 1.807) is 26.6 Å². The van der Waals surface area contributed by atoms with Crippen LogP contribution in [0.3, 0.4) is 0 Å². The van der Waals surface area contributed by atoms with E-state index in [1.165, 1.54) is 18.4 Å². The van der Waals surface area contributed by atoms with Gasteiger partial charge < -0.3 is 24.5 Å². The second-order valence-electron chi connectivity index (χ2n) is 13.1. The van der Waals surface area contributed by atoms with Gasteiger partial charge in [-0.15, -0.1) is 0 Å². The monoisotopic (exact) mass is 655 g/mol. The van der Waals surface area contributed by atoms with E-state index in [0.29, 0.717) is 34.7 Å². The average Bonchev–Trinajstić information content (AvgIpc) is 3.99. The lowest BCUT2D eigenvalue weighted by molar-refractivity contribution is 0.0612. The standard InChI is InChI=1S/C41H41N3O5/c1-47-38-14-13-32(21-39(38)48-2)33-20-34(41(42)43-22-33)30-5-3-26(4-6-30)19-37(45)36-25-44(23-27-15-17-49-18-16-27)24-35(40(36)46)31-11-9-29(10-12-31)28-7-8-28/h3-6,9-14,20-22,24-25,27-28H,7-8,15-19,23H2,1-2H3,(H2,42,43). The minimum absolute atomic E-state index is 0.107. The van der Waals surface area contributed by atoms with Gasteiger partial charge in [0, 0.05) is 61.5 Å². The van der Waals surface area contributed by atoms with E-state index >= 15 is 0 Å². The fraction of sp³-hybridized carbons (Fsp3) is 0.293. The third kappa shape index (κ3) is 7.15. The zero-order valence-corrected chi connectivity index (χ0v) is 28.0. The maximum Gasteiger partial charge on any atom is 0.200 e. The van der Waals surface area contributed by atoms with Crippen LogP contribution in [0.15, 0.2) is 96.2 Å². The second kappa shape index (κ2) is 14.1. The number of rotatable bonds is 11. The summed E-state index contributed by atoms with van der Waals surface area (Å²) in [5.41, 5.74) is 13.3. The molecule has 2 aliphatic rings. The second-order valence-corrected chi connectivity index (χ2v) is 13.1. The molecule has 1 saturated carbocycles. The van der Waals surface area contributed by atoms with E-state index < -0.39 is 0 Å². The smallest absolute Gasteiger partial charge is 0.200 e. The van der Waals surface area contributed by atoms with Gasteiger partial charge in [-0.05, 0) is 83.5 Å². The number of benzene rings is 3. The van der Waals surface area contributed by atoms with Crippen LogP contribution in [0.4, 0.5) is 5.82 Å². The summed E-state index contributed by atoms with van der Waals surface area (Å²) in [5.74, 6) is 2.54. The Bertz CT molecular complexity index is 2020. The van der Waals surface area contributed by atoms with Crippen molar-refractivity contribution in [2.45, 2.75) is 44.6 Å². The minimum Gasteiger partial charge on any atom is -0.493 e. The quantitative estimate of drug-likeness (QED) is 0.146. The molecule has 0 amide bonds. The molecular weight excluding hydrogens is 614 g/mol. The zero-order valence-electron chi connectivity index (χ0n) is 28.0. The topological polar surface area (TPSA) is 106 Å². The Balaban J connectivity index is 1.14. The third-order valence-corrected chi connectivity index (χ3v) is 9.72. The summed E-state index contributed by atoms with van der Waals surface area (Å²) < 4.78 is 18.5. The molecule has 2 fully saturated rings. The lowest BCUT2D eigenvalue weighted by Crippen LogP contribution is -2.25. The fourth-order valence-electron chi connectivity index (χ4n) is 6.68. The Hall–Kier alpha value is -5.21. The lowest BCUT2D eigenvalue weighted by atomic mass is 9.96. The van der Waals surface area contributed by atoms with Crippen molar-refractivity contribution in [1.82, 2.24) is 9.55 Å². The number of ketones is 1. The van der Waals surface area contributed by atoms with E-state index in [-0.39, 0.29) is 23.2 Å². The summed E-state index contributed by atoms with van der Waals surface area (Å²) in [6.07, 6.45) is 9.88. The number of Topliss-reactive ketones (excluding diaryl/α,β-unsaturated/α-hetero) is 1. The van der Waals surface area contributed by atoms with Crippen molar-refractivity contribution in [3.05, 3.63) is 118 Å². The van der Waals surface area contributed by atoms with Crippen molar-refractivity contribution in [2.24, 2.45) is 5.92 Å². The molecule has 8 nitrogen and oxygen atoms in total. The maximum atomic E-state index is 13.9. The van der Waals surface area contributed by atoms with E-state index in [0.717, 1.165) is 66.0 Å². The van der Waals surface area contributed by atoms with Crippen LogP contribution in [0.5, 0.6) is 11.5 Å². The summed E-state index contributed by atoms with van der Waals surface area (Å²) in [7, 11) is 3.21. The Morgan fingerprint density at radius 1 is 0.816 bits per heavy atom. The van der Waals surface area contributed by atoms with Gasteiger partial charge in [0.05, 0.1) is 19.8 Å². The number of pyridine rings is 2. The highest BCUT2D eigenvalue weighted by Gasteiger charge is 2.24. The van der Waals surface area contributed by atoms with Gasteiger partial charge in [-0.25, -0.2) is 4.98 Å². The third-order valence-electron chi connectivity index (χ3n) is 9.72. The predicted octanol–water partition coefficient (Wildman–Crippen LogP) is 7.57. The molecule has 2 N–H and O–H groups in total. The Labute approximate surface area is 286 Å². The first-order valence-corrected chi connectivity index (χ1v) is 16.9. The highest BCUT2D eigenvalue weighted by Crippen LogP contribution is 2.40. The molecule has 1 saturated heterocycles. The number of methoxy groups -OCH3 is 2. The molecule has 0 bridgehead atoms. The van der Waals surface area contributed by atoms with E-state index in [2.05, 4.69) is 17.1 Å². The first-order valence-electron chi connectivity index (χ1n) is 16.9. The van der Waals surface area contributed by atoms with Gasteiger partial charge in [0.25, 0.3) is 0 Å². The number of aromatic nitrogens is 2. The first kappa shape index (κ1) is 32.3. The molecule has 0 spiro atoms. The normalized spacial score (nSPS) is 14.8. The van der Waals surface area contributed by atoms with Gasteiger partial charge in [-0.1, -0.05) is 54.6 Å². The van der Waals surface area contributed by atoms with Gasteiger partial charge in [0.2, 0.25) is 0 Å². The molecule has 2 aromatic heterocycles. The number of hydrogen-bond donors (Lipinski definition) is 1. The van der Waals surface area contributed by atoms with E-state index in [1.807, 2.05) is 71.4 Å². The van der Waals surface area contributed by atoms with Gasteiger partial charge in [-0.3, -0.25) is 9.59 Å². The SMILES string of the molecule is COc1ccc(-c2cnc(N)c(-c3ccc(CC(=O)c4cn(CC5CCOCC5)cc(-c5ccc(C6CC6)cc5)c4=O)cc3)c2)cc1OC. The van der Waals surface area contributed by atoms with Crippen LogP contribution in [0.2, 0.25) is 0 Å².